The summed E-state index contributed by atoms with van der Waals surface area (Å²) in [6.45, 7) is 0. The first kappa shape index (κ1) is 18.6. The Kier molecular flexibility index (Phi) is 5.59. The molecule has 0 radical (unpaired) electrons. The summed E-state index contributed by atoms with van der Waals surface area (Å²) in [5.41, 5.74) is -2.37. The van der Waals surface area contributed by atoms with Crippen molar-refractivity contribution in [3.05, 3.63) is 67.8 Å². The Morgan fingerprint density at radius 2 is 1.17 bits per heavy atom. The molecule has 12 heteroatoms. The van der Waals surface area contributed by atoms with Gasteiger partial charge in [0.05, 0.1) is 9.85 Å². The van der Waals surface area contributed by atoms with Gasteiger partial charge in [0.1, 0.15) is 11.6 Å². The van der Waals surface area contributed by atoms with Crippen LogP contribution < -0.4 is 0 Å². The molecule has 0 atom stereocenters. The van der Waals surface area contributed by atoms with Crippen LogP contribution >= 0.6 is 0 Å². The molecule has 24 heavy (non-hydrogen) atoms. The lowest BCUT2D eigenvalue weighted by molar-refractivity contribution is -0.390. The van der Waals surface area contributed by atoms with Gasteiger partial charge in [-0.05, 0) is 0 Å². The van der Waals surface area contributed by atoms with E-state index >= 15 is 0 Å². The van der Waals surface area contributed by atoms with Crippen LogP contribution in [-0.2, 0) is 0 Å². The quantitative estimate of drug-likeness (QED) is 0.487. The molecule has 0 amide bonds. The van der Waals surface area contributed by atoms with E-state index in [0.717, 1.165) is 0 Å². The van der Waals surface area contributed by atoms with E-state index in [1.54, 1.807) is 0 Å². The average molecular weight is 350 g/mol. The van der Waals surface area contributed by atoms with Gasteiger partial charge in [0.2, 0.25) is 17.5 Å². The summed E-state index contributed by atoms with van der Waals surface area (Å²) in [5.74, 6) is -6.93. The molecule has 8 nitrogen and oxygen atoms in total. The fourth-order valence-electron chi connectivity index (χ4n) is 1.46. The van der Waals surface area contributed by atoms with Crippen LogP contribution in [0.4, 0.5) is 28.9 Å². The predicted octanol–water partition coefficient (Wildman–Crippen LogP) is 3.16. The third kappa shape index (κ3) is 4.28. The number of phenols is 2. The lowest BCUT2D eigenvalue weighted by Crippen LogP contribution is -1.95. The minimum absolute atomic E-state index is 0.331. The van der Waals surface area contributed by atoms with Gasteiger partial charge in [-0.3, -0.25) is 20.2 Å². The molecule has 0 aliphatic carbocycles. The molecule has 0 aromatic heterocycles. The summed E-state index contributed by atoms with van der Waals surface area (Å²) >= 11 is 0. The first-order valence-electron chi connectivity index (χ1n) is 5.69. The van der Waals surface area contributed by atoms with E-state index in [9.17, 15) is 37.8 Å². The molecule has 0 aliphatic heterocycles. The molecule has 2 aromatic rings. The molecular formula is C12H6F4N2O6. The van der Waals surface area contributed by atoms with Gasteiger partial charge >= 0.3 is 11.4 Å². The molecule has 0 bridgehead atoms. The van der Waals surface area contributed by atoms with Crippen molar-refractivity contribution in [3.8, 4) is 11.5 Å². The van der Waals surface area contributed by atoms with Crippen LogP contribution in [0.25, 0.3) is 0 Å². The van der Waals surface area contributed by atoms with E-state index in [1.807, 2.05) is 0 Å². The zero-order valence-corrected chi connectivity index (χ0v) is 11.2. The second kappa shape index (κ2) is 7.21. The maximum Gasteiger partial charge on any atom is 0.346 e. The molecule has 2 aromatic carbocycles. The monoisotopic (exact) mass is 350 g/mol. The van der Waals surface area contributed by atoms with Gasteiger partial charge in [0.25, 0.3) is 0 Å². The molecule has 0 spiro atoms. The fourth-order valence-corrected chi connectivity index (χ4v) is 1.46. The molecule has 0 saturated heterocycles. The maximum absolute atomic E-state index is 12.5. The molecule has 0 unspecified atom stereocenters. The van der Waals surface area contributed by atoms with Crippen LogP contribution in [0.3, 0.4) is 0 Å². The fraction of sp³-hybridized carbons (Fsp3) is 0. The largest absolute Gasteiger partial charge is 0.508 e. The third-order valence-electron chi connectivity index (χ3n) is 2.37. The van der Waals surface area contributed by atoms with Crippen LogP contribution in [0.2, 0.25) is 0 Å². The molecule has 2 rings (SSSR count). The van der Waals surface area contributed by atoms with Crippen molar-refractivity contribution in [2.24, 2.45) is 0 Å². The predicted molar refractivity (Wildman–Crippen MR) is 69.4 cm³/mol. The Morgan fingerprint density at radius 3 is 1.54 bits per heavy atom. The standard InChI is InChI=1S/2C6H3F2NO3/c7-4-1-3(10)2-5(8)6(4)9(11)12;7-3-1-4(8)6(9(11)12)5(10)2-3/h2*1-2,10H. The van der Waals surface area contributed by atoms with E-state index in [1.165, 1.54) is 0 Å². The minimum atomic E-state index is -1.39. The Labute approximate surface area is 129 Å². The molecule has 0 heterocycles. The third-order valence-corrected chi connectivity index (χ3v) is 2.37. The molecule has 0 aliphatic rings. The van der Waals surface area contributed by atoms with Gasteiger partial charge in [0, 0.05) is 24.3 Å². The number of halogens is 4. The summed E-state index contributed by atoms with van der Waals surface area (Å²) < 4.78 is 49.8. The summed E-state index contributed by atoms with van der Waals surface area (Å²) in [7, 11) is 0. The summed E-state index contributed by atoms with van der Waals surface area (Å²) in [6.07, 6.45) is 0. The van der Waals surface area contributed by atoms with Crippen LogP contribution in [0, 0.1) is 43.5 Å². The van der Waals surface area contributed by atoms with Gasteiger partial charge in [-0.25, -0.2) is 4.39 Å². The van der Waals surface area contributed by atoms with Gasteiger partial charge in [-0.15, -0.1) is 0 Å². The van der Waals surface area contributed by atoms with Crippen LogP contribution in [0.1, 0.15) is 0 Å². The number of nitro benzene ring substituents is 2. The number of benzene rings is 2. The molecule has 0 fully saturated rings. The van der Waals surface area contributed by atoms with Crippen molar-refractivity contribution in [2.75, 3.05) is 0 Å². The van der Waals surface area contributed by atoms with Crippen molar-refractivity contribution in [2.45, 2.75) is 0 Å². The first-order chi connectivity index (χ1) is 11.0. The van der Waals surface area contributed by atoms with Crippen LogP contribution in [-0.4, -0.2) is 20.1 Å². The molecular weight excluding hydrogens is 344 g/mol. The highest BCUT2D eigenvalue weighted by atomic mass is 19.1. The topological polar surface area (TPSA) is 127 Å². The SMILES string of the molecule is O=[N+]([O-])c1c(F)cc(O)cc1F.O=[N+]([O-])c1c(O)cc(F)cc1F. The van der Waals surface area contributed by atoms with Crippen molar-refractivity contribution in [1.29, 1.82) is 0 Å². The minimum Gasteiger partial charge on any atom is -0.508 e. The van der Waals surface area contributed by atoms with E-state index in [2.05, 4.69) is 0 Å². The highest BCUT2D eigenvalue weighted by molar-refractivity contribution is 5.46. The van der Waals surface area contributed by atoms with Gasteiger partial charge < -0.3 is 10.2 Å². The number of hydrogen-bond acceptors (Lipinski definition) is 6. The zero-order valence-electron chi connectivity index (χ0n) is 11.2. The number of hydrogen-bond donors (Lipinski definition) is 2. The number of rotatable bonds is 2. The Morgan fingerprint density at radius 1 is 0.750 bits per heavy atom. The summed E-state index contributed by atoms with van der Waals surface area (Å²) in [6, 6.07) is 1.75. The Balaban J connectivity index is 0.000000240. The number of phenolic OH excluding ortho intramolecular Hbond substituents is 2. The van der Waals surface area contributed by atoms with Crippen molar-refractivity contribution in [1.82, 2.24) is 0 Å². The Bertz CT molecular complexity index is 701. The van der Waals surface area contributed by atoms with Gasteiger partial charge in [0.15, 0.2) is 5.75 Å². The molecule has 2 N–H and O–H groups in total. The lowest BCUT2D eigenvalue weighted by Gasteiger charge is -1.96. The number of nitrogens with zero attached hydrogens (tertiary/aromatic N) is 2. The van der Waals surface area contributed by atoms with Crippen molar-refractivity contribution >= 4 is 11.4 Å². The summed E-state index contributed by atoms with van der Waals surface area (Å²) in [4.78, 5) is 17.7. The van der Waals surface area contributed by atoms with E-state index < -0.39 is 56.0 Å². The maximum atomic E-state index is 12.5. The van der Waals surface area contributed by atoms with E-state index in [0.29, 0.717) is 24.3 Å². The second-order valence-electron chi connectivity index (χ2n) is 4.03. The molecule has 0 saturated carbocycles. The zero-order chi connectivity index (χ0) is 18.6. The second-order valence-corrected chi connectivity index (χ2v) is 4.03. The average Bonchev–Trinajstić information content (AvgIpc) is 2.35. The Hall–Kier alpha value is -3.44. The summed E-state index contributed by atoms with van der Waals surface area (Å²) in [5, 5.41) is 37.4. The van der Waals surface area contributed by atoms with Crippen molar-refractivity contribution < 1.29 is 37.6 Å². The normalized spacial score (nSPS) is 9.83. The highest BCUT2D eigenvalue weighted by Gasteiger charge is 2.22. The smallest absolute Gasteiger partial charge is 0.346 e. The van der Waals surface area contributed by atoms with Gasteiger partial charge in [-0.2, -0.15) is 13.2 Å². The van der Waals surface area contributed by atoms with Crippen molar-refractivity contribution in [3.63, 3.8) is 0 Å². The molecule has 128 valence electrons. The number of nitro groups is 2. The lowest BCUT2D eigenvalue weighted by atomic mass is 10.3. The van der Waals surface area contributed by atoms with Gasteiger partial charge in [-0.1, -0.05) is 0 Å². The highest BCUT2D eigenvalue weighted by Crippen LogP contribution is 2.29. The van der Waals surface area contributed by atoms with Crippen LogP contribution in [0.5, 0.6) is 11.5 Å². The van der Waals surface area contributed by atoms with E-state index in [4.69, 9.17) is 10.2 Å². The number of aromatic hydroxyl groups is 2. The van der Waals surface area contributed by atoms with E-state index in [-0.39, 0.29) is 0 Å². The first-order valence-corrected chi connectivity index (χ1v) is 5.69. The van der Waals surface area contributed by atoms with Crippen LogP contribution in [0.15, 0.2) is 24.3 Å².